The average Bonchev–Trinajstić information content (AvgIpc) is 2.75. The molecule has 4 heteroatoms. The smallest absolute Gasteiger partial charge is 0.222 e. The minimum atomic E-state index is 0.333. The molecular weight excluding hydrogens is 348 g/mol. The van der Waals surface area contributed by atoms with Gasteiger partial charge in [-0.25, -0.2) is 0 Å². The quantitative estimate of drug-likeness (QED) is 0.645. The van der Waals surface area contributed by atoms with Gasteiger partial charge in [0.25, 0.3) is 0 Å². The molecule has 4 aliphatic rings. The van der Waals surface area contributed by atoms with Crippen molar-refractivity contribution in [3.8, 4) is 0 Å². The Labute approximate surface area is 171 Å². The van der Waals surface area contributed by atoms with E-state index in [-0.39, 0.29) is 0 Å². The Morgan fingerprint density at radius 1 is 0.571 bits per heavy atom. The van der Waals surface area contributed by atoms with Crippen molar-refractivity contribution in [2.24, 2.45) is 23.7 Å². The zero-order valence-electron chi connectivity index (χ0n) is 17.7. The molecule has 4 unspecified atom stereocenters. The first kappa shape index (κ1) is 20.2. The topological polar surface area (TPSA) is 40.6 Å². The molecule has 4 nitrogen and oxygen atoms in total. The van der Waals surface area contributed by atoms with E-state index < -0.39 is 0 Å². The number of fused-ring (bicyclic) bond motifs is 2. The van der Waals surface area contributed by atoms with Crippen LogP contribution in [-0.2, 0) is 9.59 Å². The van der Waals surface area contributed by atoms with E-state index in [1.807, 2.05) is 0 Å². The second-order valence-electron chi connectivity index (χ2n) is 10.1. The molecule has 0 N–H and O–H groups in total. The van der Waals surface area contributed by atoms with Crippen molar-refractivity contribution in [3.63, 3.8) is 0 Å². The Hall–Kier alpha value is -1.06. The molecule has 2 aliphatic heterocycles. The van der Waals surface area contributed by atoms with Crippen molar-refractivity contribution < 1.29 is 9.59 Å². The lowest BCUT2D eigenvalue weighted by molar-refractivity contribution is -0.136. The number of rotatable bonds is 5. The van der Waals surface area contributed by atoms with Gasteiger partial charge in [0.05, 0.1) is 0 Å². The third-order valence-electron chi connectivity index (χ3n) is 8.32. The predicted molar refractivity (Wildman–Crippen MR) is 112 cm³/mol. The predicted octanol–water partition coefficient (Wildman–Crippen LogP) is 4.62. The second-order valence-corrected chi connectivity index (χ2v) is 10.1. The van der Waals surface area contributed by atoms with Gasteiger partial charge in [0, 0.05) is 39.0 Å². The number of nitrogens with zero attached hydrogens (tertiary/aromatic N) is 2. The minimum absolute atomic E-state index is 0.333. The van der Waals surface area contributed by atoms with Crippen molar-refractivity contribution in [1.82, 2.24) is 9.80 Å². The summed E-state index contributed by atoms with van der Waals surface area (Å²) in [5, 5.41) is 0. The van der Waals surface area contributed by atoms with Gasteiger partial charge in [-0.05, 0) is 62.2 Å². The summed E-state index contributed by atoms with van der Waals surface area (Å²) in [5.41, 5.74) is 0. The molecule has 2 aliphatic carbocycles. The van der Waals surface area contributed by atoms with Crippen molar-refractivity contribution in [2.75, 3.05) is 26.2 Å². The molecule has 158 valence electrons. The van der Waals surface area contributed by atoms with Crippen LogP contribution in [0.3, 0.4) is 0 Å². The minimum Gasteiger partial charge on any atom is -0.342 e. The molecule has 2 amide bonds. The highest BCUT2D eigenvalue weighted by atomic mass is 16.2. The molecule has 0 aromatic rings. The fourth-order valence-electron chi connectivity index (χ4n) is 6.52. The monoisotopic (exact) mass is 388 g/mol. The van der Waals surface area contributed by atoms with Gasteiger partial charge in [-0.3, -0.25) is 9.59 Å². The van der Waals surface area contributed by atoms with Crippen molar-refractivity contribution in [1.29, 1.82) is 0 Å². The Bertz CT molecular complexity index is 501. The summed E-state index contributed by atoms with van der Waals surface area (Å²) in [5.74, 6) is 3.94. The molecule has 0 aromatic heterocycles. The largest absolute Gasteiger partial charge is 0.342 e. The number of unbranched alkanes of at least 4 members (excludes halogenated alkanes) is 1. The van der Waals surface area contributed by atoms with Gasteiger partial charge in [-0.2, -0.15) is 0 Å². The Balaban J connectivity index is 1.13. The standard InChI is InChI=1S/C24H40N2O2/c27-23(25-15-13-19-7-1-3-9-21(19)17-25)11-5-6-12-24(28)26-16-14-20-8-2-4-10-22(20)18-26/h19-22H,1-18H2. The molecular formula is C24H40N2O2. The molecule has 0 spiro atoms. The number of piperidine rings is 2. The number of hydrogen-bond acceptors (Lipinski definition) is 2. The maximum absolute atomic E-state index is 12.6. The normalized spacial score (nSPS) is 33.1. The van der Waals surface area contributed by atoms with Gasteiger partial charge in [-0.1, -0.05) is 38.5 Å². The van der Waals surface area contributed by atoms with E-state index in [0.29, 0.717) is 24.7 Å². The van der Waals surface area contributed by atoms with E-state index in [1.165, 1.54) is 64.2 Å². The van der Waals surface area contributed by atoms with Gasteiger partial charge in [0.2, 0.25) is 11.8 Å². The van der Waals surface area contributed by atoms with E-state index in [0.717, 1.165) is 62.7 Å². The molecule has 2 saturated carbocycles. The number of hydrogen-bond donors (Lipinski definition) is 0. The van der Waals surface area contributed by atoms with Crippen molar-refractivity contribution in [2.45, 2.75) is 89.9 Å². The fourth-order valence-corrected chi connectivity index (χ4v) is 6.52. The number of amides is 2. The summed E-state index contributed by atoms with van der Waals surface area (Å²) in [4.78, 5) is 29.5. The lowest BCUT2D eigenvalue weighted by Gasteiger charge is -2.41. The zero-order chi connectivity index (χ0) is 19.3. The zero-order valence-corrected chi connectivity index (χ0v) is 17.7. The molecule has 2 heterocycles. The highest BCUT2D eigenvalue weighted by Gasteiger charge is 2.34. The first-order chi connectivity index (χ1) is 13.7. The van der Waals surface area contributed by atoms with Crippen LogP contribution in [0.4, 0.5) is 0 Å². The molecule has 4 rings (SSSR count). The highest BCUT2D eigenvalue weighted by Crippen LogP contribution is 2.37. The van der Waals surface area contributed by atoms with Crippen LogP contribution in [0, 0.1) is 23.7 Å². The third kappa shape index (κ3) is 4.91. The van der Waals surface area contributed by atoms with Crippen molar-refractivity contribution >= 4 is 11.8 Å². The van der Waals surface area contributed by atoms with Gasteiger partial charge in [-0.15, -0.1) is 0 Å². The number of carbonyl (C=O) groups excluding carboxylic acids is 2. The van der Waals surface area contributed by atoms with Gasteiger partial charge in [0.1, 0.15) is 0 Å². The van der Waals surface area contributed by atoms with Crippen LogP contribution >= 0.6 is 0 Å². The summed E-state index contributed by atoms with van der Waals surface area (Å²) in [6.07, 6.45) is 16.3. The van der Waals surface area contributed by atoms with Gasteiger partial charge in [0.15, 0.2) is 0 Å². The van der Waals surface area contributed by atoms with Crippen LogP contribution in [0.2, 0.25) is 0 Å². The SMILES string of the molecule is O=C(CCCCC(=O)N1CCC2CCCCC2C1)N1CCC2CCCCC2C1. The van der Waals surface area contributed by atoms with Crippen LogP contribution < -0.4 is 0 Å². The highest BCUT2D eigenvalue weighted by molar-refractivity contribution is 5.77. The van der Waals surface area contributed by atoms with Gasteiger partial charge >= 0.3 is 0 Å². The van der Waals surface area contributed by atoms with Crippen LogP contribution in [0.25, 0.3) is 0 Å². The Morgan fingerprint density at radius 3 is 1.39 bits per heavy atom. The van der Waals surface area contributed by atoms with Crippen LogP contribution in [0.15, 0.2) is 0 Å². The molecule has 4 atom stereocenters. The van der Waals surface area contributed by atoms with E-state index in [9.17, 15) is 9.59 Å². The molecule has 4 fully saturated rings. The maximum Gasteiger partial charge on any atom is 0.222 e. The van der Waals surface area contributed by atoms with E-state index in [2.05, 4.69) is 9.80 Å². The summed E-state index contributed by atoms with van der Waals surface area (Å²) in [6.45, 7) is 3.93. The summed E-state index contributed by atoms with van der Waals surface area (Å²) >= 11 is 0. The Morgan fingerprint density at radius 2 is 0.964 bits per heavy atom. The Kier molecular flexibility index (Phi) is 6.95. The average molecular weight is 389 g/mol. The second kappa shape index (κ2) is 9.63. The lowest BCUT2D eigenvalue weighted by Crippen LogP contribution is -2.45. The fraction of sp³-hybridized carbons (Fsp3) is 0.917. The van der Waals surface area contributed by atoms with Crippen LogP contribution in [0.1, 0.15) is 89.9 Å². The van der Waals surface area contributed by atoms with Crippen molar-refractivity contribution in [3.05, 3.63) is 0 Å². The van der Waals surface area contributed by atoms with E-state index in [4.69, 9.17) is 0 Å². The molecule has 28 heavy (non-hydrogen) atoms. The number of likely N-dealkylation sites (tertiary alicyclic amines) is 2. The molecule has 0 bridgehead atoms. The maximum atomic E-state index is 12.6. The first-order valence-electron chi connectivity index (χ1n) is 12.3. The first-order valence-corrected chi connectivity index (χ1v) is 12.3. The lowest BCUT2D eigenvalue weighted by atomic mass is 9.75. The summed E-state index contributed by atoms with van der Waals surface area (Å²) in [6, 6.07) is 0. The number of carbonyl (C=O) groups is 2. The molecule has 0 aromatic carbocycles. The molecule has 2 saturated heterocycles. The van der Waals surface area contributed by atoms with Crippen LogP contribution in [-0.4, -0.2) is 47.8 Å². The third-order valence-corrected chi connectivity index (χ3v) is 8.32. The van der Waals surface area contributed by atoms with E-state index in [1.54, 1.807) is 0 Å². The molecule has 0 radical (unpaired) electrons. The summed E-state index contributed by atoms with van der Waals surface area (Å²) < 4.78 is 0. The van der Waals surface area contributed by atoms with Gasteiger partial charge < -0.3 is 9.80 Å². The van der Waals surface area contributed by atoms with Crippen LogP contribution in [0.5, 0.6) is 0 Å². The summed E-state index contributed by atoms with van der Waals surface area (Å²) in [7, 11) is 0. The van der Waals surface area contributed by atoms with E-state index >= 15 is 0 Å².